The highest BCUT2D eigenvalue weighted by Crippen LogP contribution is 2.29. The first-order chi connectivity index (χ1) is 14.1. The van der Waals surface area contributed by atoms with Crippen molar-refractivity contribution in [3.63, 3.8) is 0 Å². The Morgan fingerprint density at radius 2 is 2.03 bits per heavy atom. The van der Waals surface area contributed by atoms with Crippen LogP contribution in [0.2, 0.25) is 0 Å². The van der Waals surface area contributed by atoms with Crippen LogP contribution < -0.4 is 11.0 Å². The van der Waals surface area contributed by atoms with E-state index in [1.807, 2.05) is 41.5 Å². The number of aromatic nitrogens is 5. The third kappa shape index (κ3) is 3.17. The predicted molar refractivity (Wildman–Crippen MR) is 118 cm³/mol. The maximum Gasteiger partial charge on any atom is 0.330 e. The van der Waals surface area contributed by atoms with Crippen LogP contribution in [0.15, 0.2) is 41.5 Å². The molecule has 0 unspecified atom stereocenters. The number of nitrogens with one attached hydrogen (secondary N) is 1. The molecule has 0 spiro atoms. The molecule has 1 N–H and O–H groups in total. The van der Waals surface area contributed by atoms with Crippen LogP contribution >= 0.6 is 11.8 Å². The number of anilines is 2. The van der Waals surface area contributed by atoms with E-state index in [-0.39, 0.29) is 11.7 Å². The monoisotopic (exact) mass is 406 g/mol. The van der Waals surface area contributed by atoms with Crippen molar-refractivity contribution in [1.82, 2.24) is 24.1 Å². The van der Waals surface area contributed by atoms with Crippen molar-refractivity contribution in [2.45, 2.75) is 25.8 Å². The summed E-state index contributed by atoms with van der Waals surface area (Å²) in [6.45, 7) is 2.03. The zero-order valence-corrected chi connectivity index (χ0v) is 17.2. The SMILES string of the molecule is Cc1cc2ncccc2cc1Nc1ncc2c(n1)n(C1CCSCC1)c(=O)n2C. The van der Waals surface area contributed by atoms with Gasteiger partial charge in [0.1, 0.15) is 5.52 Å². The standard InChI is InChI=1S/C21H22N6OS/c1-13-10-17-14(4-3-7-22-17)11-16(13)24-20-23-12-18-19(25-20)27(21(28)26(18)2)15-5-8-29-9-6-15/h3-4,7,10-12,15H,5-6,8-9H2,1-2H3,(H,23,24,25). The summed E-state index contributed by atoms with van der Waals surface area (Å²) in [6, 6.07) is 8.27. The van der Waals surface area contributed by atoms with E-state index in [2.05, 4.69) is 21.4 Å². The fourth-order valence-corrected chi connectivity index (χ4v) is 5.03. The van der Waals surface area contributed by atoms with Crippen molar-refractivity contribution in [1.29, 1.82) is 0 Å². The Balaban J connectivity index is 1.58. The maximum absolute atomic E-state index is 12.9. The molecule has 5 rings (SSSR count). The number of rotatable bonds is 3. The second-order valence-corrected chi connectivity index (χ2v) is 8.67. The zero-order chi connectivity index (χ0) is 20.0. The molecule has 0 amide bonds. The first kappa shape index (κ1) is 18.2. The Kier molecular flexibility index (Phi) is 4.50. The van der Waals surface area contributed by atoms with E-state index in [9.17, 15) is 4.79 Å². The van der Waals surface area contributed by atoms with E-state index < -0.39 is 0 Å². The van der Waals surface area contributed by atoms with Gasteiger partial charge >= 0.3 is 5.69 Å². The van der Waals surface area contributed by atoms with Gasteiger partial charge in [0.25, 0.3) is 0 Å². The zero-order valence-electron chi connectivity index (χ0n) is 16.4. The molecule has 0 atom stereocenters. The highest BCUT2D eigenvalue weighted by atomic mass is 32.2. The van der Waals surface area contributed by atoms with Gasteiger partial charge in [0, 0.05) is 30.4 Å². The second kappa shape index (κ2) is 7.18. The molecule has 3 aromatic heterocycles. The summed E-state index contributed by atoms with van der Waals surface area (Å²) in [4.78, 5) is 26.5. The van der Waals surface area contributed by atoms with Crippen LogP contribution in [0.5, 0.6) is 0 Å². The molecule has 4 aromatic rings. The van der Waals surface area contributed by atoms with Gasteiger partial charge in [0.15, 0.2) is 5.65 Å². The Labute approximate surface area is 172 Å². The van der Waals surface area contributed by atoms with Crippen LogP contribution in [0.4, 0.5) is 11.6 Å². The van der Waals surface area contributed by atoms with Crippen LogP contribution in [0, 0.1) is 6.92 Å². The summed E-state index contributed by atoms with van der Waals surface area (Å²) in [5, 5.41) is 4.39. The number of benzene rings is 1. The van der Waals surface area contributed by atoms with E-state index in [4.69, 9.17) is 4.98 Å². The lowest BCUT2D eigenvalue weighted by atomic mass is 10.1. The molecule has 7 nitrogen and oxygen atoms in total. The molecule has 29 heavy (non-hydrogen) atoms. The minimum atomic E-state index is -0.0173. The Bertz CT molecular complexity index is 1270. The van der Waals surface area contributed by atoms with Crippen LogP contribution in [-0.2, 0) is 7.05 Å². The molecular weight excluding hydrogens is 384 g/mol. The summed E-state index contributed by atoms with van der Waals surface area (Å²) in [5.74, 6) is 2.65. The van der Waals surface area contributed by atoms with E-state index in [1.165, 1.54) is 0 Å². The van der Waals surface area contributed by atoms with Crippen molar-refractivity contribution in [2.24, 2.45) is 7.05 Å². The molecule has 4 heterocycles. The molecule has 1 aliphatic rings. The normalized spacial score (nSPS) is 15.2. The fraction of sp³-hybridized carbons (Fsp3) is 0.333. The van der Waals surface area contributed by atoms with Crippen LogP contribution in [0.3, 0.4) is 0 Å². The quantitative estimate of drug-likeness (QED) is 0.558. The highest BCUT2D eigenvalue weighted by molar-refractivity contribution is 7.99. The van der Waals surface area contributed by atoms with E-state index >= 15 is 0 Å². The van der Waals surface area contributed by atoms with Gasteiger partial charge in [0.05, 0.1) is 11.7 Å². The number of thioether (sulfide) groups is 1. The molecular formula is C21H22N6OS. The lowest BCUT2D eigenvalue weighted by Gasteiger charge is -2.22. The van der Waals surface area contributed by atoms with Gasteiger partial charge < -0.3 is 5.32 Å². The average molecular weight is 407 g/mol. The molecule has 0 aliphatic carbocycles. The minimum absolute atomic E-state index is 0.0173. The summed E-state index contributed by atoms with van der Waals surface area (Å²) in [6.07, 6.45) is 5.52. The van der Waals surface area contributed by atoms with Crippen molar-refractivity contribution in [3.05, 3.63) is 52.7 Å². The maximum atomic E-state index is 12.9. The van der Waals surface area contributed by atoms with Crippen LogP contribution in [-0.4, -0.2) is 35.6 Å². The van der Waals surface area contributed by atoms with Gasteiger partial charge in [0.2, 0.25) is 5.95 Å². The molecule has 0 bridgehead atoms. The van der Waals surface area contributed by atoms with E-state index in [0.29, 0.717) is 11.6 Å². The molecule has 148 valence electrons. The van der Waals surface area contributed by atoms with E-state index in [0.717, 1.165) is 52.0 Å². The van der Waals surface area contributed by atoms with Crippen molar-refractivity contribution in [2.75, 3.05) is 16.8 Å². The number of pyridine rings is 1. The predicted octanol–water partition coefficient (Wildman–Crippen LogP) is 3.80. The van der Waals surface area contributed by atoms with Gasteiger partial charge in [-0.1, -0.05) is 6.07 Å². The fourth-order valence-electron chi connectivity index (χ4n) is 3.95. The van der Waals surface area contributed by atoms with E-state index in [1.54, 1.807) is 24.0 Å². The van der Waals surface area contributed by atoms with Gasteiger partial charge in [-0.3, -0.25) is 14.1 Å². The number of hydrogen-bond donors (Lipinski definition) is 1. The molecule has 1 fully saturated rings. The first-order valence-corrected chi connectivity index (χ1v) is 10.9. The van der Waals surface area contributed by atoms with Crippen molar-refractivity contribution < 1.29 is 0 Å². The van der Waals surface area contributed by atoms with Gasteiger partial charge in [-0.05, 0) is 55.0 Å². The van der Waals surface area contributed by atoms with Gasteiger partial charge in [-0.15, -0.1) is 0 Å². The second-order valence-electron chi connectivity index (χ2n) is 7.45. The number of imidazole rings is 1. The highest BCUT2D eigenvalue weighted by Gasteiger charge is 2.23. The smallest absolute Gasteiger partial charge is 0.324 e. The summed E-state index contributed by atoms with van der Waals surface area (Å²) < 4.78 is 3.51. The molecule has 1 aliphatic heterocycles. The number of hydrogen-bond acceptors (Lipinski definition) is 6. The molecule has 8 heteroatoms. The van der Waals surface area contributed by atoms with Gasteiger partial charge in [-0.2, -0.15) is 16.7 Å². The van der Waals surface area contributed by atoms with Crippen molar-refractivity contribution in [3.8, 4) is 0 Å². The van der Waals surface area contributed by atoms with Crippen LogP contribution in [0.1, 0.15) is 24.4 Å². The number of nitrogens with zero attached hydrogens (tertiary/aromatic N) is 5. The van der Waals surface area contributed by atoms with Crippen molar-refractivity contribution >= 4 is 45.5 Å². The van der Waals surface area contributed by atoms with Gasteiger partial charge in [-0.25, -0.2) is 9.78 Å². The third-order valence-electron chi connectivity index (χ3n) is 5.58. The Hall–Kier alpha value is -2.87. The van der Waals surface area contributed by atoms with Crippen LogP contribution in [0.25, 0.3) is 22.1 Å². The third-order valence-corrected chi connectivity index (χ3v) is 6.63. The molecule has 0 saturated carbocycles. The largest absolute Gasteiger partial charge is 0.330 e. The number of aryl methyl sites for hydroxylation is 2. The lowest BCUT2D eigenvalue weighted by molar-refractivity contribution is 0.461. The average Bonchev–Trinajstić information content (AvgIpc) is 2.99. The number of fused-ring (bicyclic) bond motifs is 2. The minimum Gasteiger partial charge on any atom is -0.324 e. The summed E-state index contributed by atoms with van der Waals surface area (Å²) >= 11 is 1.95. The summed E-state index contributed by atoms with van der Waals surface area (Å²) in [7, 11) is 1.79. The molecule has 1 aromatic carbocycles. The topological polar surface area (TPSA) is 77.6 Å². The Morgan fingerprint density at radius 3 is 2.86 bits per heavy atom. The Morgan fingerprint density at radius 1 is 1.21 bits per heavy atom. The lowest BCUT2D eigenvalue weighted by Crippen LogP contribution is -2.28. The first-order valence-electron chi connectivity index (χ1n) is 9.76. The summed E-state index contributed by atoms with van der Waals surface area (Å²) in [5.41, 5.74) is 4.40. The molecule has 1 saturated heterocycles. The molecule has 0 radical (unpaired) electrons.